The summed E-state index contributed by atoms with van der Waals surface area (Å²) in [6.07, 6.45) is 13.1. The molecule has 0 aliphatic heterocycles. The Kier molecular flexibility index (Phi) is 24.4. The minimum atomic E-state index is -3.21. The van der Waals surface area contributed by atoms with Gasteiger partial charge in [-0.25, -0.2) is 0 Å². The van der Waals surface area contributed by atoms with E-state index in [4.69, 9.17) is 0 Å². The van der Waals surface area contributed by atoms with E-state index in [0.29, 0.717) is 0 Å². The molecule has 0 nitrogen and oxygen atoms in total. The second-order valence-electron chi connectivity index (χ2n) is 10.6. The maximum atomic E-state index is 15.3. The number of unbranched alkanes of at least 4 members (excludes halogenated alkanes) is 6. The minimum absolute atomic E-state index is 0. The quantitative estimate of drug-likeness (QED) is 0.0581. The second kappa shape index (κ2) is 21.4. The van der Waals surface area contributed by atoms with Crippen LogP contribution < -0.4 is 0 Å². The fraction of sp³-hybridized carbons (Fsp3) is 0.963. The van der Waals surface area contributed by atoms with Crippen molar-refractivity contribution >= 4 is 52.7 Å². The molecule has 0 spiro atoms. The number of rotatable bonds is 22. The molecule has 0 radical (unpaired) electrons. The summed E-state index contributed by atoms with van der Waals surface area (Å²) in [7, 11) is 0. The summed E-state index contributed by atoms with van der Waals surface area (Å²) in [6.45, 7) is 13.6. The molecule has 1 atom stereocenters. The predicted octanol–water partition coefficient (Wildman–Crippen LogP) is 11.8. The van der Waals surface area contributed by atoms with Gasteiger partial charge in [-0.1, -0.05) is 0 Å². The third-order valence-electron chi connectivity index (χ3n) is 7.97. The van der Waals surface area contributed by atoms with E-state index < -0.39 is 45.5 Å². The summed E-state index contributed by atoms with van der Waals surface area (Å²) < 4.78 is 38.2. The zero-order valence-electron chi connectivity index (χ0n) is 22.9. The summed E-state index contributed by atoms with van der Waals surface area (Å²) in [5.74, 6) is 0. The van der Waals surface area contributed by atoms with Crippen LogP contribution in [-0.4, -0.2) is 39.1 Å². The number of hydrogen-bond donors (Lipinski definition) is 0. The van der Waals surface area contributed by atoms with Crippen molar-refractivity contribution in [2.75, 3.05) is 0 Å². The smallest absolute Gasteiger partial charge is 1.00 e. The Morgan fingerprint density at radius 3 is 1.09 bits per heavy atom. The van der Waals surface area contributed by atoms with Gasteiger partial charge in [-0.05, 0) is 0 Å². The molecule has 0 amide bonds. The van der Waals surface area contributed by atoms with E-state index in [0.717, 1.165) is 56.3 Å². The van der Waals surface area contributed by atoms with Gasteiger partial charge >= 0.3 is 237 Å². The molecular formula is C27H56BrCuF2Sn2. The molecule has 0 rings (SSSR count). The molecule has 1 unspecified atom stereocenters. The first kappa shape index (κ1) is 37.6. The molecule has 0 heterocycles. The molecule has 0 aromatic rings. The van der Waals surface area contributed by atoms with Gasteiger partial charge in [0.1, 0.15) is 0 Å². The summed E-state index contributed by atoms with van der Waals surface area (Å²) in [4.78, 5) is 0. The van der Waals surface area contributed by atoms with Crippen molar-refractivity contribution in [1.82, 2.24) is 0 Å². The standard InChI is InChI=1S/6C4H9.C3H2BrF2.Cu.2Sn/c6*1-3-4-2;1-2(4)3(5)6;;;/h6*1,3-4H2,2H3;1H2;;;/q;;;;;;-1;+1;;. The maximum absolute atomic E-state index is 15.3. The van der Waals surface area contributed by atoms with Gasteiger partial charge in [-0.2, -0.15) is 0 Å². The van der Waals surface area contributed by atoms with Crippen LogP contribution in [0.3, 0.4) is 0 Å². The van der Waals surface area contributed by atoms with Gasteiger partial charge in [0.15, 0.2) is 0 Å². The maximum Gasteiger partial charge on any atom is 1.00 e. The van der Waals surface area contributed by atoms with Crippen LogP contribution in [0, 0.1) is 6.43 Å². The van der Waals surface area contributed by atoms with Gasteiger partial charge in [-0.15, -0.1) is 0 Å². The van der Waals surface area contributed by atoms with Crippen LogP contribution in [0.5, 0.6) is 0 Å². The average molecular weight is 800 g/mol. The molecule has 0 aliphatic rings. The average Bonchev–Trinajstić information content (AvgIpc) is 2.79. The van der Waals surface area contributed by atoms with Crippen LogP contribution in [0.4, 0.5) is 8.78 Å². The molecule has 33 heavy (non-hydrogen) atoms. The molecule has 0 saturated carbocycles. The molecule has 0 aliphatic carbocycles. The van der Waals surface area contributed by atoms with Gasteiger partial charge in [-0.3, -0.25) is 0 Å². The van der Waals surface area contributed by atoms with E-state index in [1.165, 1.54) is 51.8 Å². The Morgan fingerprint density at radius 1 is 0.576 bits per heavy atom. The first-order valence-corrected chi connectivity index (χ1v) is 30.5. The summed E-state index contributed by atoms with van der Waals surface area (Å²) in [5, 5.41) is 0. The van der Waals surface area contributed by atoms with E-state index in [9.17, 15) is 0 Å². The summed E-state index contributed by atoms with van der Waals surface area (Å²) in [6, 6.07) is 0. The molecule has 0 aromatic carbocycles. The Bertz CT molecular complexity index is 410. The normalized spacial score (nSPS) is 14.4. The Labute approximate surface area is 234 Å². The molecular weight excluding hydrogens is 743 g/mol. The number of alkyl halides is 1. The van der Waals surface area contributed by atoms with Crippen molar-refractivity contribution in [2.45, 2.75) is 152 Å². The Morgan fingerprint density at radius 2 is 0.848 bits per heavy atom. The minimum Gasteiger partial charge on any atom is 1.00 e. The SMILES string of the molecule is CCC[CH2][Sn]([CH2]CCC)([CH2]CCC)[CH2][C](Br)([C-](F)F)[Sn]([CH2]CCC)([CH2]CCC)[CH2]CCC.[Cu+]. The molecule has 0 N–H and O–H groups in total. The van der Waals surface area contributed by atoms with Crippen LogP contribution in [0.2, 0.25) is 31.1 Å². The summed E-state index contributed by atoms with van der Waals surface area (Å²) >= 11 is -1.90. The van der Waals surface area contributed by atoms with Crippen molar-refractivity contribution in [3.63, 3.8) is 0 Å². The van der Waals surface area contributed by atoms with Crippen molar-refractivity contribution < 1.29 is 25.8 Å². The van der Waals surface area contributed by atoms with E-state index in [1.54, 1.807) is 0 Å². The van der Waals surface area contributed by atoms with E-state index in [-0.39, 0.29) is 17.1 Å². The third kappa shape index (κ3) is 12.7. The zero-order chi connectivity index (χ0) is 24.5. The predicted molar refractivity (Wildman–Crippen MR) is 152 cm³/mol. The fourth-order valence-corrected chi connectivity index (χ4v) is 61.1. The first-order valence-electron chi connectivity index (χ1n) is 14.1. The Hall–Kier alpha value is 2.46. The van der Waals surface area contributed by atoms with Crippen LogP contribution >= 0.6 is 15.9 Å². The fourth-order valence-electron chi connectivity index (χ4n) is 5.78. The summed E-state index contributed by atoms with van der Waals surface area (Å²) in [5.41, 5.74) is 0. The van der Waals surface area contributed by atoms with Crippen molar-refractivity contribution in [3.8, 4) is 0 Å². The number of halogens is 3. The third-order valence-corrected chi connectivity index (χ3v) is 51.4. The van der Waals surface area contributed by atoms with Crippen LogP contribution in [0.1, 0.15) is 119 Å². The van der Waals surface area contributed by atoms with Crippen molar-refractivity contribution in [2.24, 2.45) is 0 Å². The van der Waals surface area contributed by atoms with Crippen LogP contribution in [-0.2, 0) is 17.1 Å². The van der Waals surface area contributed by atoms with E-state index in [1.807, 2.05) is 0 Å². The van der Waals surface area contributed by atoms with Crippen molar-refractivity contribution in [3.05, 3.63) is 6.43 Å². The van der Waals surface area contributed by atoms with Gasteiger partial charge in [0.25, 0.3) is 0 Å². The van der Waals surface area contributed by atoms with Gasteiger partial charge in [0, 0.05) is 0 Å². The van der Waals surface area contributed by atoms with Crippen LogP contribution in [0.25, 0.3) is 0 Å². The molecule has 204 valence electrons. The van der Waals surface area contributed by atoms with Gasteiger partial charge < -0.3 is 0 Å². The van der Waals surface area contributed by atoms with Gasteiger partial charge in [0.05, 0.1) is 0 Å². The molecule has 0 aromatic heterocycles. The van der Waals surface area contributed by atoms with Crippen molar-refractivity contribution in [1.29, 1.82) is 0 Å². The van der Waals surface area contributed by atoms with E-state index >= 15 is 8.78 Å². The number of hydrogen-bond acceptors (Lipinski definition) is 0. The monoisotopic (exact) mass is 800 g/mol. The molecule has 0 fully saturated rings. The molecule has 0 saturated heterocycles. The van der Waals surface area contributed by atoms with Gasteiger partial charge in [0.2, 0.25) is 0 Å². The largest absolute Gasteiger partial charge is 1.00 e. The topological polar surface area (TPSA) is 0 Å². The first-order chi connectivity index (χ1) is 15.3. The molecule has 6 heteroatoms. The van der Waals surface area contributed by atoms with Crippen LogP contribution in [0.15, 0.2) is 0 Å². The van der Waals surface area contributed by atoms with E-state index in [2.05, 4.69) is 57.5 Å². The molecule has 0 bridgehead atoms. The second-order valence-corrected chi connectivity index (χ2v) is 42.0. The Balaban J connectivity index is 0. The zero-order valence-corrected chi connectivity index (χ0v) is 31.1.